The zero-order chi connectivity index (χ0) is 22.3. The van der Waals surface area contributed by atoms with Gasteiger partial charge in [0.2, 0.25) is 10.0 Å². The number of hydrogen-bond donors (Lipinski definition) is 2. The zero-order valence-electron chi connectivity index (χ0n) is 17.5. The fourth-order valence-corrected chi connectivity index (χ4v) is 5.07. The SMILES string of the molecule is Cc1cccc(OCC(=O)NC(=S)Nc2ccc(S(=O)(=O)N3CCCCCC3)cc2)c1. The summed E-state index contributed by atoms with van der Waals surface area (Å²) in [6.07, 6.45) is 3.91. The lowest BCUT2D eigenvalue weighted by atomic mass is 10.2. The minimum Gasteiger partial charge on any atom is -0.484 e. The molecule has 1 amide bonds. The van der Waals surface area contributed by atoms with Gasteiger partial charge in [0.15, 0.2) is 11.7 Å². The summed E-state index contributed by atoms with van der Waals surface area (Å²) in [5.74, 6) is 0.217. The fraction of sp³-hybridized carbons (Fsp3) is 0.364. The normalized spacial score (nSPS) is 15.0. The molecule has 1 heterocycles. The van der Waals surface area contributed by atoms with E-state index in [1.807, 2.05) is 25.1 Å². The Labute approximate surface area is 188 Å². The van der Waals surface area contributed by atoms with Gasteiger partial charge in [-0.25, -0.2) is 8.42 Å². The highest BCUT2D eigenvalue weighted by atomic mass is 32.2. The van der Waals surface area contributed by atoms with Crippen LogP contribution in [0, 0.1) is 6.92 Å². The van der Waals surface area contributed by atoms with E-state index in [0.717, 1.165) is 31.2 Å². The van der Waals surface area contributed by atoms with Gasteiger partial charge in [0.1, 0.15) is 5.75 Å². The van der Waals surface area contributed by atoms with E-state index in [1.165, 1.54) is 0 Å². The summed E-state index contributed by atoms with van der Waals surface area (Å²) in [7, 11) is -3.50. The lowest BCUT2D eigenvalue weighted by Crippen LogP contribution is -2.37. The van der Waals surface area contributed by atoms with Crippen LogP contribution in [0.1, 0.15) is 31.2 Å². The van der Waals surface area contributed by atoms with Gasteiger partial charge in [-0.1, -0.05) is 25.0 Å². The van der Waals surface area contributed by atoms with E-state index < -0.39 is 10.0 Å². The molecule has 0 aromatic heterocycles. The second-order valence-corrected chi connectivity index (χ2v) is 9.80. The Morgan fingerprint density at radius 3 is 2.39 bits per heavy atom. The number of anilines is 1. The van der Waals surface area contributed by atoms with Crippen molar-refractivity contribution in [2.24, 2.45) is 0 Å². The monoisotopic (exact) mass is 461 g/mol. The Bertz CT molecular complexity index is 1020. The number of hydrogen-bond acceptors (Lipinski definition) is 5. The molecule has 0 radical (unpaired) electrons. The Hall–Kier alpha value is -2.49. The third-order valence-electron chi connectivity index (χ3n) is 4.93. The van der Waals surface area contributed by atoms with Crippen molar-refractivity contribution in [1.82, 2.24) is 9.62 Å². The van der Waals surface area contributed by atoms with E-state index >= 15 is 0 Å². The summed E-state index contributed by atoms with van der Waals surface area (Å²) in [6.45, 7) is 2.89. The van der Waals surface area contributed by atoms with Crippen LogP contribution in [-0.2, 0) is 14.8 Å². The second kappa shape index (κ2) is 10.7. The van der Waals surface area contributed by atoms with Gasteiger partial charge in [-0.05, 0) is 73.9 Å². The molecule has 0 bridgehead atoms. The molecule has 2 N–H and O–H groups in total. The van der Waals surface area contributed by atoms with Gasteiger partial charge in [-0.2, -0.15) is 4.31 Å². The molecule has 2 aromatic carbocycles. The Morgan fingerprint density at radius 2 is 1.74 bits per heavy atom. The molecule has 0 aliphatic carbocycles. The van der Waals surface area contributed by atoms with Crippen LogP contribution in [0.15, 0.2) is 53.4 Å². The van der Waals surface area contributed by atoms with E-state index in [-0.39, 0.29) is 22.5 Å². The molecule has 3 rings (SSSR count). The highest BCUT2D eigenvalue weighted by molar-refractivity contribution is 7.89. The van der Waals surface area contributed by atoms with Crippen molar-refractivity contribution in [3.63, 3.8) is 0 Å². The first-order valence-electron chi connectivity index (χ1n) is 10.2. The second-order valence-electron chi connectivity index (χ2n) is 7.45. The molecule has 31 heavy (non-hydrogen) atoms. The number of aryl methyl sites for hydroxylation is 1. The van der Waals surface area contributed by atoms with Crippen molar-refractivity contribution < 1.29 is 17.9 Å². The van der Waals surface area contributed by atoms with Crippen molar-refractivity contribution in [3.05, 3.63) is 54.1 Å². The number of sulfonamides is 1. The Balaban J connectivity index is 1.51. The van der Waals surface area contributed by atoms with Crippen LogP contribution in [0.3, 0.4) is 0 Å². The van der Waals surface area contributed by atoms with Crippen molar-refractivity contribution in [1.29, 1.82) is 0 Å². The maximum Gasteiger partial charge on any atom is 0.264 e. The molecule has 166 valence electrons. The molecule has 7 nitrogen and oxygen atoms in total. The number of ether oxygens (including phenoxy) is 1. The first-order valence-corrected chi connectivity index (χ1v) is 12.1. The molecule has 1 aliphatic rings. The lowest BCUT2D eigenvalue weighted by Gasteiger charge is -2.20. The molecule has 1 saturated heterocycles. The number of nitrogens with zero attached hydrogens (tertiary/aromatic N) is 1. The number of nitrogens with one attached hydrogen (secondary N) is 2. The fourth-order valence-electron chi connectivity index (χ4n) is 3.32. The van der Waals surface area contributed by atoms with Crippen LogP contribution >= 0.6 is 12.2 Å². The summed E-state index contributed by atoms with van der Waals surface area (Å²) in [6, 6.07) is 13.8. The van der Waals surface area contributed by atoms with Crippen LogP contribution in [-0.4, -0.2) is 43.4 Å². The number of carbonyl (C=O) groups is 1. The van der Waals surface area contributed by atoms with E-state index in [1.54, 1.807) is 34.6 Å². The smallest absolute Gasteiger partial charge is 0.264 e. The third-order valence-corrected chi connectivity index (χ3v) is 7.04. The van der Waals surface area contributed by atoms with E-state index in [0.29, 0.717) is 24.5 Å². The van der Waals surface area contributed by atoms with Gasteiger partial charge in [0.25, 0.3) is 5.91 Å². The van der Waals surface area contributed by atoms with Gasteiger partial charge in [-0.15, -0.1) is 0 Å². The number of thiocarbonyl (C=S) groups is 1. The van der Waals surface area contributed by atoms with E-state index in [2.05, 4.69) is 10.6 Å². The molecule has 9 heteroatoms. The molecule has 1 fully saturated rings. The van der Waals surface area contributed by atoms with Crippen molar-refractivity contribution in [2.75, 3.05) is 25.0 Å². The molecule has 1 aliphatic heterocycles. The first-order chi connectivity index (χ1) is 14.8. The molecule has 2 aromatic rings. The first kappa shape index (κ1) is 23.2. The summed E-state index contributed by atoms with van der Waals surface area (Å²) < 4.78 is 32.7. The standard InChI is InChI=1S/C22H27N3O4S2/c1-17-7-6-8-19(15-17)29-16-21(26)24-22(30)23-18-9-11-20(12-10-18)31(27,28)25-13-4-2-3-5-14-25/h6-12,15H,2-5,13-14,16H2,1H3,(H2,23,24,26,30). The zero-order valence-corrected chi connectivity index (χ0v) is 19.1. The summed E-state index contributed by atoms with van der Waals surface area (Å²) in [5, 5.41) is 5.54. The van der Waals surface area contributed by atoms with Crippen LogP contribution < -0.4 is 15.4 Å². The van der Waals surface area contributed by atoms with Gasteiger partial charge >= 0.3 is 0 Å². The maximum atomic E-state index is 12.8. The largest absolute Gasteiger partial charge is 0.484 e. The minimum atomic E-state index is -3.50. The third kappa shape index (κ3) is 6.75. The average molecular weight is 462 g/mol. The highest BCUT2D eigenvalue weighted by Crippen LogP contribution is 2.21. The molecular formula is C22H27N3O4S2. The van der Waals surface area contributed by atoms with E-state index in [4.69, 9.17) is 17.0 Å². The summed E-state index contributed by atoms with van der Waals surface area (Å²) in [4.78, 5) is 12.3. The van der Waals surface area contributed by atoms with Gasteiger partial charge in [-0.3, -0.25) is 10.1 Å². The minimum absolute atomic E-state index is 0.112. The van der Waals surface area contributed by atoms with Gasteiger partial charge in [0, 0.05) is 18.8 Å². The van der Waals surface area contributed by atoms with Crippen LogP contribution in [0.4, 0.5) is 5.69 Å². The summed E-state index contributed by atoms with van der Waals surface area (Å²) in [5.41, 5.74) is 1.62. The predicted octanol–water partition coefficient (Wildman–Crippen LogP) is 3.45. The predicted molar refractivity (Wildman–Crippen MR) is 125 cm³/mol. The lowest BCUT2D eigenvalue weighted by molar-refractivity contribution is -0.121. The van der Waals surface area contributed by atoms with Gasteiger partial charge in [0.05, 0.1) is 4.90 Å². The number of amides is 1. The Morgan fingerprint density at radius 1 is 1.06 bits per heavy atom. The number of benzene rings is 2. The van der Waals surface area contributed by atoms with Crippen LogP contribution in [0.5, 0.6) is 5.75 Å². The van der Waals surface area contributed by atoms with Crippen LogP contribution in [0.25, 0.3) is 0 Å². The summed E-state index contributed by atoms with van der Waals surface area (Å²) >= 11 is 5.16. The maximum absolute atomic E-state index is 12.8. The molecule has 0 spiro atoms. The van der Waals surface area contributed by atoms with E-state index in [9.17, 15) is 13.2 Å². The van der Waals surface area contributed by atoms with Crippen molar-refractivity contribution in [2.45, 2.75) is 37.5 Å². The molecule has 0 atom stereocenters. The Kier molecular flexibility index (Phi) is 8.00. The average Bonchev–Trinajstić information content (AvgIpc) is 3.03. The molecule has 0 saturated carbocycles. The van der Waals surface area contributed by atoms with Crippen molar-refractivity contribution >= 4 is 38.9 Å². The molecule has 0 unspecified atom stereocenters. The molecular weight excluding hydrogens is 434 g/mol. The quantitative estimate of drug-likeness (QED) is 0.641. The van der Waals surface area contributed by atoms with Crippen LogP contribution in [0.2, 0.25) is 0 Å². The number of carbonyl (C=O) groups excluding carboxylic acids is 1. The highest BCUT2D eigenvalue weighted by Gasteiger charge is 2.24. The number of rotatable bonds is 6. The topological polar surface area (TPSA) is 87.7 Å². The van der Waals surface area contributed by atoms with Gasteiger partial charge < -0.3 is 10.1 Å². The van der Waals surface area contributed by atoms with Crippen molar-refractivity contribution in [3.8, 4) is 5.75 Å².